The van der Waals surface area contributed by atoms with Crippen LogP contribution in [0.2, 0.25) is 5.02 Å². The van der Waals surface area contributed by atoms with E-state index in [1.165, 1.54) is 11.3 Å². The van der Waals surface area contributed by atoms with Crippen molar-refractivity contribution in [3.05, 3.63) is 34.2 Å². The molecule has 0 saturated carbocycles. The van der Waals surface area contributed by atoms with Gasteiger partial charge in [-0.15, -0.1) is 11.3 Å². The summed E-state index contributed by atoms with van der Waals surface area (Å²) in [6.07, 6.45) is 0. The number of nitrogens with two attached hydrogens (primary N) is 1. The third-order valence-corrected chi connectivity index (χ3v) is 3.17. The number of carbonyl (C=O) groups excluding carboxylic acids is 1. The summed E-state index contributed by atoms with van der Waals surface area (Å²) in [7, 11) is 0. The van der Waals surface area contributed by atoms with Crippen LogP contribution in [0.4, 0.5) is 0 Å². The summed E-state index contributed by atoms with van der Waals surface area (Å²) in [4.78, 5) is 11.8. The molecule has 14 heavy (non-hydrogen) atoms. The van der Waals surface area contributed by atoms with Crippen LogP contribution in [0.3, 0.4) is 0 Å². The molecule has 0 bridgehead atoms. The summed E-state index contributed by atoms with van der Waals surface area (Å²) in [5.74, 6) is 4.76. The Morgan fingerprint density at radius 3 is 2.93 bits per heavy atom. The lowest BCUT2D eigenvalue weighted by atomic mass is 10.2. The number of hydrogen-bond acceptors (Lipinski definition) is 3. The highest BCUT2D eigenvalue weighted by molar-refractivity contribution is 7.20. The maximum absolute atomic E-state index is 11.2. The molecule has 0 aliphatic rings. The molecule has 3 nitrogen and oxygen atoms in total. The monoisotopic (exact) mass is 226 g/mol. The zero-order valence-corrected chi connectivity index (χ0v) is 8.65. The van der Waals surface area contributed by atoms with E-state index in [1.807, 2.05) is 12.1 Å². The van der Waals surface area contributed by atoms with E-state index >= 15 is 0 Å². The average molecular weight is 227 g/mol. The van der Waals surface area contributed by atoms with Crippen molar-refractivity contribution in [1.82, 2.24) is 5.43 Å². The number of hydrogen-bond donors (Lipinski definition) is 2. The minimum Gasteiger partial charge on any atom is -0.289 e. The van der Waals surface area contributed by atoms with Crippen molar-refractivity contribution in [3.63, 3.8) is 0 Å². The van der Waals surface area contributed by atoms with Crippen molar-refractivity contribution in [2.24, 2.45) is 5.84 Å². The smallest absolute Gasteiger partial charge is 0.275 e. The summed E-state index contributed by atoms with van der Waals surface area (Å²) >= 11 is 7.19. The number of nitrogens with one attached hydrogen (secondary N) is 1. The molecule has 0 atom stereocenters. The van der Waals surface area contributed by atoms with Crippen LogP contribution in [-0.4, -0.2) is 5.91 Å². The van der Waals surface area contributed by atoms with E-state index in [4.69, 9.17) is 17.4 Å². The van der Waals surface area contributed by atoms with Crippen molar-refractivity contribution in [2.45, 2.75) is 0 Å². The quantitative estimate of drug-likeness (QED) is 0.445. The number of fused-ring (bicyclic) bond motifs is 1. The van der Waals surface area contributed by atoms with Crippen LogP contribution in [-0.2, 0) is 0 Å². The Morgan fingerprint density at radius 1 is 1.43 bits per heavy atom. The van der Waals surface area contributed by atoms with Gasteiger partial charge >= 0.3 is 0 Å². The first-order chi connectivity index (χ1) is 6.70. The van der Waals surface area contributed by atoms with Crippen molar-refractivity contribution in [3.8, 4) is 0 Å². The largest absolute Gasteiger partial charge is 0.289 e. The molecule has 2 rings (SSSR count). The molecule has 72 valence electrons. The number of amides is 1. The molecule has 0 spiro atoms. The second-order valence-electron chi connectivity index (χ2n) is 2.77. The highest BCUT2D eigenvalue weighted by atomic mass is 35.5. The first-order valence-corrected chi connectivity index (χ1v) is 5.10. The van der Waals surface area contributed by atoms with Crippen LogP contribution in [0.25, 0.3) is 10.1 Å². The van der Waals surface area contributed by atoms with Gasteiger partial charge in [-0.3, -0.25) is 10.2 Å². The molecule has 1 amide bonds. The Bertz CT molecular complexity index is 495. The van der Waals surface area contributed by atoms with Gasteiger partial charge in [-0.25, -0.2) is 5.84 Å². The highest BCUT2D eigenvalue weighted by Gasteiger charge is 2.08. The van der Waals surface area contributed by atoms with Gasteiger partial charge in [0, 0.05) is 9.72 Å². The van der Waals surface area contributed by atoms with Gasteiger partial charge in [0.25, 0.3) is 5.91 Å². The predicted molar refractivity (Wildman–Crippen MR) is 58.5 cm³/mol. The van der Waals surface area contributed by atoms with Crippen LogP contribution in [0.15, 0.2) is 24.3 Å². The molecule has 0 radical (unpaired) electrons. The summed E-state index contributed by atoms with van der Waals surface area (Å²) in [5.41, 5.74) is 2.10. The lowest BCUT2D eigenvalue weighted by molar-refractivity contribution is 0.0958. The molecule has 0 fully saturated rings. The molecule has 2 aromatic rings. The van der Waals surface area contributed by atoms with Crippen molar-refractivity contribution < 1.29 is 4.79 Å². The van der Waals surface area contributed by atoms with Crippen molar-refractivity contribution in [1.29, 1.82) is 0 Å². The van der Waals surface area contributed by atoms with Gasteiger partial charge in [-0.1, -0.05) is 17.7 Å². The van der Waals surface area contributed by atoms with Crippen LogP contribution in [0.5, 0.6) is 0 Å². The van der Waals surface area contributed by atoms with Gasteiger partial charge in [0.15, 0.2) is 0 Å². The van der Waals surface area contributed by atoms with E-state index in [0.29, 0.717) is 9.90 Å². The minimum atomic E-state index is -0.276. The zero-order chi connectivity index (χ0) is 10.1. The maximum Gasteiger partial charge on any atom is 0.275 e. The van der Waals surface area contributed by atoms with Gasteiger partial charge in [0.05, 0.1) is 4.88 Å². The predicted octanol–water partition coefficient (Wildman–Crippen LogP) is 2.16. The molecular formula is C9H7ClN2OS. The first kappa shape index (κ1) is 9.45. The van der Waals surface area contributed by atoms with E-state index in [-0.39, 0.29) is 5.91 Å². The molecular weight excluding hydrogens is 220 g/mol. The molecule has 5 heteroatoms. The molecule has 0 saturated heterocycles. The van der Waals surface area contributed by atoms with Crippen LogP contribution >= 0.6 is 22.9 Å². The zero-order valence-electron chi connectivity index (χ0n) is 7.08. The highest BCUT2D eigenvalue weighted by Crippen LogP contribution is 2.27. The van der Waals surface area contributed by atoms with E-state index < -0.39 is 0 Å². The van der Waals surface area contributed by atoms with Crippen molar-refractivity contribution in [2.75, 3.05) is 0 Å². The number of benzene rings is 1. The minimum absolute atomic E-state index is 0.276. The number of rotatable bonds is 1. The normalized spacial score (nSPS) is 10.4. The Labute approximate surface area is 89.4 Å². The van der Waals surface area contributed by atoms with Crippen molar-refractivity contribution >= 4 is 38.9 Å². The number of halogens is 1. The molecule has 1 aromatic carbocycles. The van der Waals surface area contributed by atoms with Crippen LogP contribution < -0.4 is 11.3 Å². The van der Waals surface area contributed by atoms with Gasteiger partial charge < -0.3 is 0 Å². The fourth-order valence-electron chi connectivity index (χ4n) is 1.19. The standard InChI is InChI=1S/C9H7ClN2OS/c10-6-2-1-5-3-8(9(13)12-11)14-7(5)4-6/h1-4H,11H2,(H,12,13). The van der Waals surface area contributed by atoms with E-state index in [9.17, 15) is 4.79 Å². The average Bonchev–Trinajstić information content (AvgIpc) is 2.59. The fourth-order valence-corrected chi connectivity index (χ4v) is 2.43. The maximum atomic E-state index is 11.2. The van der Waals surface area contributed by atoms with E-state index in [2.05, 4.69) is 5.43 Å². The van der Waals surface area contributed by atoms with Gasteiger partial charge in [0.2, 0.25) is 0 Å². The summed E-state index contributed by atoms with van der Waals surface area (Å²) in [6, 6.07) is 7.29. The Balaban J connectivity index is 2.56. The summed E-state index contributed by atoms with van der Waals surface area (Å²) in [5, 5.41) is 1.66. The topological polar surface area (TPSA) is 55.1 Å². The van der Waals surface area contributed by atoms with Crippen LogP contribution in [0.1, 0.15) is 9.67 Å². The van der Waals surface area contributed by atoms with E-state index in [0.717, 1.165) is 10.1 Å². The number of carbonyl (C=O) groups is 1. The molecule has 1 aromatic heterocycles. The Kier molecular flexibility index (Phi) is 2.41. The van der Waals surface area contributed by atoms with E-state index in [1.54, 1.807) is 12.1 Å². The van der Waals surface area contributed by atoms with Gasteiger partial charge in [-0.05, 0) is 23.6 Å². The SMILES string of the molecule is NNC(=O)c1cc2ccc(Cl)cc2s1. The lowest BCUT2D eigenvalue weighted by Crippen LogP contribution is -2.29. The lowest BCUT2D eigenvalue weighted by Gasteiger charge is -1.90. The second kappa shape index (κ2) is 3.57. The Morgan fingerprint density at radius 2 is 2.21 bits per heavy atom. The third-order valence-electron chi connectivity index (χ3n) is 1.84. The molecule has 0 aliphatic carbocycles. The van der Waals surface area contributed by atoms with Gasteiger partial charge in [-0.2, -0.15) is 0 Å². The number of thiophene rings is 1. The molecule has 1 heterocycles. The number of hydrazine groups is 1. The third kappa shape index (κ3) is 1.59. The first-order valence-electron chi connectivity index (χ1n) is 3.91. The fraction of sp³-hybridized carbons (Fsp3) is 0. The molecule has 3 N–H and O–H groups in total. The summed E-state index contributed by atoms with van der Waals surface area (Å²) in [6.45, 7) is 0. The summed E-state index contributed by atoms with van der Waals surface area (Å²) < 4.78 is 0.983. The van der Waals surface area contributed by atoms with Gasteiger partial charge in [0.1, 0.15) is 0 Å². The second-order valence-corrected chi connectivity index (χ2v) is 4.29. The molecule has 0 aliphatic heterocycles. The van der Waals surface area contributed by atoms with Crippen LogP contribution in [0, 0.1) is 0 Å². The number of nitrogen functional groups attached to an aromatic ring is 1. The molecule has 0 unspecified atom stereocenters. The Hall–Kier alpha value is -1.10.